The number of anilines is 3. The van der Waals surface area contributed by atoms with E-state index in [0.717, 1.165) is 60.2 Å². The fraction of sp³-hybridized carbons (Fsp3) is 0.481. The number of nitrogens with zero attached hydrogens (tertiary/aromatic N) is 3. The molecule has 2 amide bonds. The largest absolute Gasteiger partial charge is 0.352 e. The highest BCUT2D eigenvalue weighted by Gasteiger charge is 2.35. The van der Waals surface area contributed by atoms with Crippen LogP contribution in [0, 0.1) is 23.5 Å². The van der Waals surface area contributed by atoms with E-state index in [1.165, 1.54) is 17.6 Å². The molecule has 2 saturated carbocycles. The van der Waals surface area contributed by atoms with E-state index in [9.17, 15) is 13.8 Å². The Hall–Kier alpha value is -3.25. The molecule has 12 heteroatoms. The Morgan fingerprint density at radius 1 is 1.21 bits per heavy atom. The maximum Gasteiger partial charge on any atom is 0.254 e. The standard InChI is InChI=1S/C27H33N7O3S2/c1-15-20(4-3-5-22(15)39(2,28)37)31-27-33-30-14-34(27)18-10-11-21-19(12-18)23(25(36)29-13-16-6-7-16)26(38-21)32-24(35)17-8-9-17/h3-5,14,16-18,28H,6-13H2,1-2H3,(H,29,36)(H,31,33)(H,32,35)/t18-,39?/m0/s1. The second-order valence-electron chi connectivity index (χ2n) is 11.0. The predicted octanol–water partition coefficient (Wildman–Crippen LogP) is 4.65. The van der Waals surface area contributed by atoms with Gasteiger partial charge in [-0.05, 0) is 81.0 Å². The van der Waals surface area contributed by atoms with E-state index >= 15 is 0 Å². The fourth-order valence-corrected chi connectivity index (χ4v) is 7.51. The van der Waals surface area contributed by atoms with Crippen molar-refractivity contribution in [2.45, 2.75) is 62.8 Å². The number of carbonyl (C=O) groups is 2. The van der Waals surface area contributed by atoms with Gasteiger partial charge in [0, 0.05) is 35.3 Å². The van der Waals surface area contributed by atoms with Crippen LogP contribution in [0.25, 0.3) is 0 Å². The average molecular weight is 568 g/mol. The van der Waals surface area contributed by atoms with Gasteiger partial charge in [0.15, 0.2) is 0 Å². The molecule has 39 heavy (non-hydrogen) atoms. The van der Waals surface area contributed by atoms with Gasteiger partial charge in [0.05, 0.1) is 20.2 Å². The molecule has 3 aliphatic rings. The Morgan fingerprint density at radius 3 is 2.72 bits per heavy atom. The number of nitrogens with one attached hydrogen (secondary N) is 4. The van der Waals surface area contributed by atoms with Gasteiger partial charge >= 0.3 is 0 Å². The van der Waals surface area contributed by atoms with E-state index in [4.69, 9.17) is 4.78 Å². The summed E-state index contributed by atoms with van der Waals surface area (Å²) in [6.07, 6.45) is 9.48. The van der Waals surface area contributed by atoms with Crippen LogP contribution in [0.4, 0.5) is 16.6 Å². The molecule has 3 aliphatic carbocycles. The first kappa shape index (κ1) is 26.0. The van der Waals surface area contributed by atoms with E-state index in [-0.39, 0.29) is 23.8 Å². The molecule has 2 aromatic heterocycles. The summed E-state index contributed by atoms with van der Waals surface area (Å²) in [7, 11) is -2.88. The van der Waals surface area contributed by atoms with Gasteiger partial charge in [-0.2, -0.15) is 0 Å². The molecule has 0 bridgehead atoms. The number of hydrogen-bond acceptors (Lipinski definition) is 8. The zero-order chi connectivity index (χ0) is 27.3. The van der Waals surface area contributed by atoms with Crippen molar-refractivity contribution in [1.82, 2.24) is 20.1 Å². The van der Waals surface area contributed by atoms with Gasteiger partial charge < -0.3 is 16.0 Å². The van der Waals surface area contributed by atoms with Crippen molar-refractivity contribution in [3.63, 3.8) is 0 Å². The Balaban J connectivity index is 1.28. The molecule has 0 spiro atoms. The highest BCUT2D eigenvalue weighted by atomic mass is 32.2. The summed E-state index contributed by atoms with van der Waals surface area (Å²) < 4.78 is 22.4. The summed E-state index contributed by atoms with van der Waals surface area (Å²) in [5.41, 5.74) is 3.06. The third kappa shape index (κ3) is 5.44. The summed E-state index contributed by atoms with van der Waals surface area (Å²) in [5.74, 6) is 1.06. The van der Waals surface area contributed by atoms with E-state index in [1.54, 1.807) is 18.5 Å². The third-order valence-electron chi connectivity index (χ3n) is 7.81. The van der Waals surface area contributed by atoms with Crippen molar-refractivity contribution in [2.75, 3.05) is 23.4 Å². The number of benzene rings is 1. The summed E-state index contributed by atoms with van der Waals surface area (Å²) in [6, 6.07) is 5.39. The Kier molecular flexibility index (Phi) is 6.70. The summed E-state index contributed by atoms with van der Waals surface area (Å²) in [5, 5.41) is 18.6. The molecular formula is C27H33N7O3S2. The smallest absolute Gasteiger partial charge is 0.254 e. The second-order valence-corrected chi connectivity index (χ2v) is 14.2. The highest BCUT2D eigenvalue weighted by molar-refractivity contribution is 7.91. The van der Waals surface area contributed by atoms with Crippen LogP contribution in [0.2, 0.25) is 0 Å². The molecule has 4 N–H and O–H groups in total. The molecule has 2 fully saturated rings. The van der Waals surface area contributed by atoms with Crippen molar-refractivity contribution >= 4 is 49.5 Å². The molecule has 0 aliphatic heterocycles. The molecule has 2 heterocycles. The molecule has 0 radical (unpaired) electrons. The number of amides is 2. The van der Waals surface area contributed by atoms with Crippen LogP contribution in [0.15, 0.2) is 29.4 Å². The van der Waals surface area contributed by atoms with E-state index in [0.29, 0.717) is 40.3 Å². The minimum Gasteiger partial charge on any atom is -0.352 e. The summed E-state index contributed by atoms with van der Waals surface area (Å²) in [6.45, 7) is 2.52. The molecule has 1 aromatic carbocycles. The van der Waals surface area contributed by atoms with Gasteiger partial charge in [0.25, 0.3) is 5.91 Å². The van der Waals surface area contributed by atoms with Gasteiger partial charge in [-0.25, -0.2) is 8.99 Å². The number of aromatic nitrogens is 3. The van der Waals surface area contributed by atoms with Crippen molar-refractivity contribution in [3.05, 3.63) is 46.1 Å². The van der Waals surface area contributed by atoms with Gasteiger partial charge in [-0.3, -0.25) is 14.2 Å². The molecule has 0 saturated heterocycles. The van der Waals surface area contributed by atoms with Crippen molar-refractivity contribution in [1.29, 1.82) is 4.78 Å². The molecule has 3 aromatic rings. The van der Waals surface area contributed by atoms with Crippen LogP contribution in [0.5, 0.6) is 0 Å². The first-order chi connectivity index (χ1) is 18.7. The number of carbonyl (C=O) groups excluding carboxylic acids is 2. The second kappa shape index (κ2) is 10.1. The maximum atomic E-state index is 13.4. The van der Waals surface area contributed by atoms with Crippen molar-refractivity contribution in [3.8, 4) is 0 Å². The molecule has 2 atom stereocenters. The fourth-order valence-electron chi connectivity index (χ4n) is 5.23. The number of thiophene rings is 1. The highest BCUT2D eigenvalue weighted by Crippen LogP contribution is 2.43. The van der Waals surface area contributed by atoms with E-state index < -0.39 is 9.73 Å². The summed E-state index contributed by atoms with van der Waals surface area (Å²) in [4.78, 5) is 27.7. The number of aryl methyl sites for hydroxylation is 1. The molecule has 1 unspecified atom stereocenters. The predicted molar refractivity (Wildman–Crippen MR) is 151 cm³/mol. The molecule has 206 valence electrons. The van der Waals surface area contributed by atoms with Gasteiger partial charge in [0.2, 0.25) is 11.9 Å². The van der Waals surface area contributed by atoms with Crippen molar-refractivity contribution in [2.24, 2.45) is 11.8 Å². The average Bonchev–Trinajstić information content (AvgIpc) is 3.82. The number of rotatable bonds is 9. The lowest BCUT2D eigenvalue weighted by Crippen LogP contribution is -2.28. The Bertz CT molecular complexity index is 1550. The topological polar surface area (TPSA) is 142 Å². The molecular weight excluding hydrogens is 534 g/mol. The zero-order valence-corrected chi connectivity index (χ0v) is 23.7. The summed E-state index contributed by atoms with van der Waals surface area (Å²) >= 11 is 1.53. The van der Waals surface area contributed by atoms with E-state index in [2.05, 4.69) is 26.1 Å². The molecule has 10 nitrogen and oxygen atoms in total. The number of fused-ring (bicyclic) bond motifs is 1. The lowest BCUT2D eigenvalue weighted by molar-refractivity contribution is -0.117. The zero-order valence-electron chi connectivity index (χ0n) is 22.1. The van der Waals surface area contributed by atoms with Gasteiger partial charge in [-0.15, -0.1) is 21.5 Å². The van der Waals surface area contributed by atoms with Gasteiger partial charge in [0.1, 0.15) is 11.3 Å². The normalized spacial score (nSPS) is 20.1. The van der Waals surface area contributed by atoms with Crippen LogP contribution < -0.4 is 16.0 Å². The van der Waals surface area contributed by atoms with Crippen LogP contribution in [0.3, 0.4) is 0 Å². The van der Waals surface area contributed by atoms with Crippen LogP contribution in [0.1, 0.15) is 64.5 Å². The Morgan fingerprint density at radius 2 is 2.00 bits per heavy atom. The first-order valence-corrected chi connectivity index (χ1v) is 16.2. The SMILES string of the molecule is Cc1c(Nc2nncn2[C@H]2CCc3sc(NC(=O)C4CC4)c(C(=O)NCC4CC4)c3C2)cccc1S(C)(=N)=O. The maximum absolute atomic E-state index is 13.4. The Labute approximate surface area is 232 Å². The first-order valence-electron chi connectivity index (χ1n) is 13.4. The van der Waals surface area contributed by atoms with Gasteiger partial charge in [-0.1, -0.05) is 6.07 Å². The number of hydrogen-bond donors (Lipinski definition) is 4. The van der Waals surface area contributed by atoms with Crippen LogP contribution in [-0.2, 0) is 27.4 Å². The third-order valence-corrected chi connectivity index (χ3v) is 10.3. The monoisotopic (exact) mass is 567 g/mol. The lowest BCUT2D eigenvalue weighted by Gasteiger charge is -2.25. The van der Waals surface area contributed by atoms with Crippen molar-refractivity contribution < 1.29 is 13.8 Å². The minimum absolute atomic E-state index is 0.00739. The van der Waals surface area contributed by atoms with Crippen LogP contribution in [-0.4, -0.2) is 43.6 Å². The van der Waals surface area contributed by atoms with Crippen LogP contribution >= 0.6 is 11.3 Å². The molecule has 6 rings (SSSR count). The lowest BCUT2D eigenvalue weighted by atomic mass is 9.91. The quantitative estimate of drug-likeness (QED) is 0.297. The minimum atomic E-state index is -2.88. The van der Waals surface area contributed by atoms with E-state index in [1.807, 2.05) is 17.6 Å².